The van der Waals surface area contributed by atoms with Gasteiger partial charge in [0, 0.05) is 4.47 Å². The minimum Gasteiger partial charge on any atom is -0.316 e. The molecule has 1 aromatic heterocycles. The summed E-state index contributed by atoms with van der Waals surface area (Å²) < 4.78 is 1.10. The normalized spacial score (nSPS) is 30.2. The van der Waals surface area contributed by atoms with Gasteiger partial charge in [-0.2, -0.15) is 0 Å². The van der Waals surface area contributed by atoms with E-state index in [0.717, 1.165) is 28.7 Å². The van der Waals surface area contributed by atoms with E-state index < -0.39 is 0 Å². The summed E-state index contributed by atoms with van der Waals surface area (Å²) in [6.45, 7) is 0. The van der Waals surface area contributed by atoms with Crippen LogP contribution in [-0.4, -0.2) is 10.9 Å². The Hall–Kier alpha value is -1.20. The van der Waals surface area contributed by atoms with Crippen molar-refractivity contribution in [3.63, 3.8) is 0 Å². The highest BCUT2D eigenvalue weighted by molar-refractivity contribution is 9.10. The van der Waals surface area contributed by atoms with Gasteiger partial charge in [-0.3, -0.25) is 9.78 Å². The molecule has 1 heterocycles. The number of anilines is 1. The average molecular weight is 349 g/mol. The molecule has 102 valence electrons. The molecule has 0 unspecified atom stereocenters. The third kappa shape index (κ3) is 1.69. The molecule has 0 aliphatic heterocycles. The lowest BCUT2D eigenvalue weighted by Gasteiger charge is -2.69. The van der Waals surface area contributed by atoms with Crippen molar-refractivity contribution in [2.24, 2.45) is 5.41 Å². The first-order chi connectivity index (χ1) is 9.62. The van der Waals surface area contributed by atoms with Crippen molar-refractivity contribution in [1.82, 2.24) is 4.98 Å². The number of hydrogen-bond donors (Lipinski definition) is 1. The Balaban J connectivity index is 1.46. The van der Waals surface area contributed by atoms with Crippen molar-refractivity contribution in [3.05, 3.63) is 46.0 Å². The van der Waals surface area contributed by atoms with Crippen molar-refractivity contribution >= 4 is 38.2 Å². The van der Waals surface area contributed by atoms with Crippen molar-refractivity contribution in [2.75, 3.05) is 5.32 Å². The lowest BCUT2D eigenvalue weighted by atomic mass is 9.33. The molecule has 3 aliphatic rings. The maximum atomic E-state index is 12.3. The zero-order chi connectivity index (χ0) is 13.8. The Morgan fingerprint density at radius 1 is 1.25 bits per heavy atom. The first kappa shape index (κ1) is 12.5. The molecule has 1 N–H and O–H groups in total. The number of carbonyl (C=O) groups is 1. The third-order valence-corrected chi connectivity index (χ3v) is 5.85. The van der Waals surface area contributed by atoms with Crippen LogP contribution < -0.4 is 5.32 Å². The van der Waals surface area contributed by atoms with E-state index >= 15 is 0 Å². The van der Waals surface area contributed by atoms with E-state index in [2.05, 4.69) is 50.5 Å². The van der Waals surface area contributed by atoms with Gasteiger partial charge in [0.05, 0.1) is 17.1 Å². The molecule has 1 aromatic carbocycles. The van der Waals surface area contributed by atoms with Crippen molar-refractivity contribution in [1.29, 1.82) is 0 Å². The summed E-state index contributed by atoms with van der Waals surface area (Å²) in [7, 11) is 0. The maximum Gasteiger partial charge on any atom is 0.231 e. The Labute approximate surface area is 129 Å². The van der Waals surface area contributed by atoms with Gasteiger partial charge < -0.3 is 5.32 Å². The SMILES string of the molecule is O=C(Nc1cncs1)C12CC(c3ccc(Br)cc3)(C1)C2. The highest BCUT2D eigenvalue weighted by Crippen LogP contribution is 2.73. The first-order valence-electron chi connectivity index (χ1n) is 6.58. The van der Waals surface area contributed by atoms with E-state index in [4.69, 9.17) is 0 Å². The van der Waals surface area contributed by atoms with E-state index in [1.165, 1.54) is 16.9 Å². The quantitative estimate of drug-likeness (QED) is 0.911. The molecule has 2 bridgehead atoms. The molecule has 3 nitrogen and oxygen atoms in total. The lowest BCUT2D eigenvalue weighted by Crippen LogP contribution is -2.69. The zero-order valence-corrected chi connectivity index (χ0v) is 13.1. The second-order valence-corrected chi connectivity index (χ2v) is 7.72. The molecule has 2 aromatic rings. The number of thiazole rings is 1. The van der Waals surface area contributed by atoms with Crippen LogP contribution in [0.25, 0.3) is 0 Å². The molecule has 0 atom stereocenters. The van der Waals surface area contributed by atoms with E-state index in [1.807, 2.05) is 0 Å². The number of benzene rings is 1. The summed E-state index contributed by atoms with van der Waals surface area (Å²) in [5, 5.41) is 3.83. The number of rotatable bonds is 3. The number of carbonyl (C=O) groups excluding carboxylic acids is 1. The molecule has 3 fully saturated rings. The summed E-state index contributed by atoms with van der Waals surface area (Å²) in [5.41, 5.74) is 3.23. The highest BCUT2D eigenvalue weighted by atomic mass is 79.9. The van der Waals surface area contributed by atoms with E-state index in [1.54, 1.807) is 11.7 Å². The molecule has 3 saturated carbocycles. The van der Waals surface area contributed by atoms with Crippen LogP contribution in [0.3, 0.4) is 0 Å². The number of hydrogen-bond acceptors (Lipinski definition) is 3. The molecule has 1 amide bonds. The van der Waals surface area contributed by atoms with Gasteiger partial charge in [0.25, 0.3) is 0 Å². The molecule has 5 rings (SSSR count). The number of aromatic nitrogens is 1. The van der Waals surface area contributed by atoms with Crippen LogP contribution in [0.2, 0.25) is 0 Å². The van der Waals surface area contributed by atoms with Gasteiger partial charge in [-0.1, -0.05) is 28.1 Å². The monoisotopic (exact) mass is 348 g/mol. The van der Waals surface area contributed by atoms with Crippen LogP contribution in [0.1, 0.15) is 24.8 Å². The minimum absolute atomic E-state index is 0.128. The smallest absolute Gasteiger partial charge is 0.231 e. The average Bonchev–Trinajstić information content (AvgIpc) is 2.81. The fourth-order valence-electron chi connectivity index (χ4n) is 3.66. The Morgan fingerprint density at radius 2 is 1.95 bits per heavy atom. The third-order valence-electron chi connectivity index (χ3n) is 4.64. The Kier molecular flexibility index (Phi) is 2.60. The van der Waals surface area contributed by atoms with Gasteiger partial charge in [-0.25, -0.2) is 0 Å². The van der Waals surface area contributed by atoms with E-state index in [-0.39, 0.29) is 16.7 Å². The topological polar surface area (TPSA) is 42.0 Å². The van der Waals surface area contributed by atoms with Gasteiger partial charge >= 0.3 is 0 Å². The summed E-state index contributed by atoms with van der Waals surface area (Å²) in [6, 6.07) is 8.52. The summed E-state index contributed by atoms with van der Waals surface area (Å²) in [4.78, 5) is 16.3. The second-order valence-electron chi connectivity index (χ2n) is 5.92. The van der Waals surface area contributed by atoms with Crippen molar-refractivity contribution < 1.29 is 4.79 Å². The predicted molar refractivity (Wildman–Crippen MR) is 82.8 cm³/mol. The minimum atomic E-state index is -0.128. The Bertz CT molecular complexity index is 646. The summed E-state index contributed by atoms with van der Waals surface area (Å²) in [6.07, 6.45) is 4.64. The molecule has 0 spiro atoms. The van der Waals surface area contributed by atoms with Crippen LogP contribution in [0.5, 0.6) is 0 Å². The summed E-state index contributed by atoms with van der Waals surface area (Å²) >= 11 is 4.93. The molecule has 3 aliphatic carbocycles. The van der Waals surface area contributed by atoms with Crippen LogP contribution >= 0.6 is 27.3 Å². The number of nitrogens with zero attached hydrogens (tertiary/aromatic N) is 1. The fraction of sp³-hybridized carbons (Fsp3) is 0.333. The van der Waals surface area contributed by atoms with Crippen molar-refractivity contribution in [2.45, 2.75) is 24.7 Å². The molecule has 20 heavy (non-hydrogen) atoms. The van der Waals surface area contributed by atoms with Crippen LogP contribution in [-0.2, 0) is 10.2 Å². The number of amides is 1. The standard InChI is InChI=1S/C15H13BrN2OS/c16-11-3-1-10(2-4-11)14-6-15(7-14,8-14)13(19)18-12-5-17-9-20-12/h1-5,9H,6-8H2,(H,18,19). The lowest BCUT2D eigenvalue weighted by molar-refractivity contribution is -0.170. The molecule has 5 heteroatoms. The predicted octanol–water partition coefficient (Wildman–Crippen LogP) is 3.97. The van der Waals surface area contributed by atoms with E-state index in [0.29, 0.717) is 0 Å². The maximum absolute atomic E-state index is 12.3. The van der Waals surface area contributed by atoms with Crippen LogP contribution in [0.4, 0.5) is 5.00 Å². The second kappa shape index (κ2) is 4.15. The van der Waals surface area contributed by atoms with E-state index in [9.17, 15) is 4.79 Å². The molecule has 0 saturated heterocycles. The molecule has 0 radical (unpaired) electrons. The first-order valence-corrected chi connectivity index (χ1v) is 8.25. The Morgan fingerprint density at radius 3 is 2.55 bits per heavy atom. The van der Waals surface area contributed by atoms with Gasteiger partial charge in [0.15, 0.2) is 0 Å². The number of halogens is 1. The fourth-order valence-corrected chi connectivity index (χ4v) is 4.43. The highest BCUT2D eigenvalue weighted by Gasteiger charge is 2.71. The van der Waals surface area contributed by atoms with Crippen LogP contribution in [0, 0.1) is 5.41 Å². The zero-order valence-electron chi connectivity index (χ0n) is 10.7. The molecular weight excluding hydrogens is 336 g/mol. The van der Waals surface area contributed by atoms with Gasteiger partial charge in [-0.05, 0) is 42.4 Å². The van der Waals surface area contributed by atoms with Crippen molar-refractivity contribution in [3.8, 4) is 0 Å². The van der Waals surface area contributed by atoms with Crippen LogP contribution in [0.15, 0.2) is 40.4 Å². The van der Waals surface area contributed by atoms with Gasteiger partial charge in [0.1, 0.15) is 5.00 Å². The summed E-state index contributed by atoms with van der Waals surface area (Å²) in [5.74, 6) is 0.167. The van der Waals surface area contributed by atoms with Gasteiger partial charge in [-0.15, -0.1) is 11.3 Å². The molecular formula is C15H13BrN2OS. The van der Waals surface area contributed by atoms with Gasteiger partial charge in [0.2, 0.25) is 5.91 Å². The number of nitrogens with one attached hydrogen (secondary N) is 1. The largest absolute Gasteiger partial charge is 0.316 e.